The third-order valence-corrected chi connectivity index (χ3v) is 9.78. The number of carbonyl (C=O) groups excluding carboxylic acids is 3. The Morgan fingerprint density at radius 3 is 2.45 bits per heavy atom. The van der Waals surface area contributed by atoms with Gasteiger partial charge in [0.2, 0.25) is 5.78 Å². The Bertz CT molecular complexity index is 1900. The van der Waals surface area contributed by atoms with Crippen LogP contribution in [0.5, 0.6) is 17.2 Å². The largest absolute Gasteiger partial charge is 0.507 e. The standard InChI is InChI=1S/C33H26O9/c1-13-10-16-22(21(11-13)40-4)27(37)23-15(26(16)36)8-9-18-29(23)42-33-17-6-5-7-19(34)24(17)28(38)25-20(35)12-31(3,39)30(14(2)41-33)32(18,25)33/h5-11,14,30,34,38-39H,12H2,1-4H3/t14-,30+,31+,32-,33+/m0/s1. The number of aliphatic hydroxyl groups excluding tert-OH is 1. The maximum Gasteiger partial charge on any atom is 0.253 e. The van der Waals surface area contributed by atoms with Crippen molar-refractivity contribution in [3.8, 4) is 17.2 Å². The van der Waals surface area contributed by atoms with Gasteiger partial charge in [0.1, 0.15) is 28.4 Å². The Balaban J connectivity index is 1.51. The van der Waals surface area contributed by atoms with Crippen molar-refractivity contribution < 1.29 is 43.9 Å². The molecule has 3 aromatic carbocycles. The van der Waals surface area contributed by atoms with Crippen molar-refractivity contribution in [3.63, 3.8) is 0 Å². The van der Waals surface area contributed by atoms with Crippen LogP contribution in [0.2, 0.25) is 0 Å². The number of hydrogen-bond acceptors (Lipinski definition) is 9. The van der Waals surface area contributed by atoms with Crippen LogP contribution in [0.1, 0.15) is 74.4 Å². The summed E-state index contributed by atoms with van der Waals surface area (Å²) in [5, 5.41) is 34.4. The number of fused-ring (bicyclic) bond motifs is 5. The van der Waals surface area contributed by atoms with Crippen molar-refractivity contribution in [3.05, 3.63) is 92.5 Å². The molecule has 1 spiro atoms. The predicted octanol–water partition coefficient (Wildman–Crippen LogP) is 4.01. The number of ketones is 3. The Kier molecular flexibility index (Phi) is 4.50. The number of ether oxygens (including phenoxy) is 3. The molecule has 212 valence electrons. The number of aliphatic hydroxyl groups is 2. The molecule has 3 aromatic rings. The van der Waals surface area contributed by atoms with Gasteiger partial charge in [-0.2, -0.15) is 0 Å². The summed E-state index contributed by atoms with van der Waals surface area (Å²) < 4.78 is 18.9. The van der Waals surface area contributed by atoms with Gasteiger partial charge in [-0.05, 0) is 50.6 Å². The SMILES string of the molecule is COc1cc(C)cc2c1C(=O)c1c(ccc3c1O[C@]14O[C@@H](C)[C@@H]5[C@](C)(O)CC(=O)C(=C(O)c6c(O)cccc61)[C@@]354)C2=O. The number of methoxy groups -OCH3 is 1. The first-order chi connectivity index (χ1) is 19.9. The second-order valence-electron chi connectivity index (χ2n) is 12.1. The summed E-state index contributed by atoms with van der Waals surface area (Å²) in [6.45, 7) is 5.12. The highest BCUT2D eigenvalue weighted by molar-refractivity contribution is 6.30. The van der Waals surface area contributed by atoms with Gasteiger partial charge >= 0.3 is 0 Å². The van der Waals surface area contributed by atoms with Gasteiger partial charge in [0.05, 0.1) is 41.1 Å². The monoisotopic (exact) mass is 566 g/mol. The number of phenolic OH excluding ortho intramolecular Hbond substituents is 1. The molecule has 1 saturated heterocycles. The van der Waals surface area contributed by atoms with Crippen LogP contribution in [0.25, 0.3) is 5.76 Å². The zero-order valence-electron chi connectivity index (χ0n) is 23.2. The van der Waals surface area contributed by atoms with Gasteiger partial charge in [0, 0.05) is 34.6 Å². The average Bonchev–Trinajstić information content (AvgIpc) is 3.35. The maximum absolute atomic E-state index is 14.3. The molecule has 3 aliphatic carbocycles. The lowest BCUT2D eigenvalue weighted by Crippen LogP contribution is -2.62. The predicted molar refractivity (Wildman–Crippen MR) is 147 cm³/mol. The fourth-order valence-electron chi connectivity index (χ4n) is 8.59. The second-order valence-corrected chi connectivity index (χ2v) is 12.1. The third-order valence-electron chi connectivity index (χ3n) is 9.78. The number of rotatable bonds is 1. The van der Waals surface area contributed by atoms with Crippen LogP contribution < -0.4 is 9.47 Å². The summed E-state index contributed by atoms with van der Waals surface area (Å²) >= 11 is 0. The molecule has 0 radical (unpaired) electrons. The van der Waals surface area contributed by atoms with Crippen molar-refractivity contribution >= 4 is 23.1 Å². The number of aryl methyl sites for hydroxylation is 1. The molecule has 9 nitrogen and oxygen atoms in total. The number of benzene rings is 3. The summed E-state index contributed by atoms with van der Waals surface area (Å²) in [5.41, 5.74) is -1.49. The zero-order chi connectivity index (χ0) is 29.7. The normalized spacial score (nSPS) is 31.5. The van der Waals surface area contributed by atoms with Crippen molar-refractivity contribution in [1.29, 1.82) is 0 Å². The third kappa shape index (κ3) is 2.49. The average molecular weight is 567 g/mol. The van der Waals surface area contributed by atoms with E-state index in [0.29, 0.717) is 5.56 Å². The van der Waals surface area contributed by atoms with Gasteiger partial charge in [-0.1, -0.05) is 18.2 Å². The Morgan fingerprint density at radius 2 is 1.71 bits per heavy atom. The number of phenols is 1. The highest BCUT2D eigenvalue weighted by Gasteiger charge is 2.81. The minimum Gasteiger partial charge on any atom is -0.507 e. The summed E-state index contributed by atoms with van der Waals surface area (Å²) in [6, 6.07) is 11.1. The molecule has 1 saturated carbocycles. The summed E-state index contributed by atoms with van der Waals surface area (Å²) in [6.07, 6.45) is -0.984. The van der Waals surface area contributed by atoms with Crippen LogP contribution in [0.4, 0.5) is 0 Å². The highest BCUT2D eigenvalue weighted by atomic mass is 16.7. The molecular formula is C33H26O9. The van der Waals surface area contributed by atoms with Crippen LogP contribution in [-0.4, -0.2) is 51.5 Å². The van der Waals surface area contributed by atoms with Crippen molar-refractivity contribution in [2.75, 3.05) is 7.11 Å². The Labute approximate surface area is 240 Å². The zero-order valence-corrected chi connectivity index (χ0v) is 23.2. The molecule has 9 heteroatoms. The van der Waals surface area contributed by atoms with E-state index in [2.05, 4.69) is 0 Å². The molecule has 42 heavy (non-hydrogen) atoms. The lowest BCUT2D eigenvalue weighted by atomic mass is 9.49. The molecule has 0 amide bonds. The fraction of sp³-hybridized carbons (Fsp3) is 0.303. The van der Waals surface area contributed by atoms with E-state index in [1.807, 2.05) is 0 Å². The molecule has 0 unspecified atom stereocenters. The summed E-state index contributed by atoms with van der Waals surface area (Å²) in [5.74, 6) is -4.52. The first-order valence-corrected chi connectivity index (χ1v) is 13.7. The molecule has 3 N–H and O–H groups in total. The minimum atomic E-state index is -1.84. The van der Waals surface area contributed by atoms with Gasteiger partial charge in [-0.25, -0.2) is 0 Å². The maximum atomic E-state index is 14.3. The van der Waals surface area contributed by atoms with E-state index in [1.165, 1.54) is 19.2 Å². The Hall–Kier alpha value is -4.47. The van der Waals surface area contributed by atoms with Crippen molar-refractivity contribution in [2.24, 2.45) is 5.92 Å². The fourth-order valence-corrected chi connectivity index (χ4v) is 8.59. The molecule has 0 aromatic heterocycles. The van der Waals surface area contributed by atoms with Crippen molar-refractivity contribution in [1.82, 2.24) is 0 Å². The molecule has 2 fully saturated rings. The van der Waals surface area contributed by atoms with Crippen LogP contribution in [0.15, 0.2) is 48.0 Å². The second kappa shape index (κ2) is 7.48. The van der Waals surface area contributed by atoms with E-state index < -0.39 is 46.2 Å². The van der Waals surface area contributed by atoms with E-state index in [0.717, 1.165) is 5.56 Å². The lowest BCUT2D eigenvalue weighted by molar-refractivity contribution is -0.190. The quantitative estimate of drug-likeness (QED) is 0.312. The van der Waals surface area contributed by atoms with Crippen LogP contribution in [0.3, 0.4) is 0 Å². The van der Waals surface area contributed by atoms with E-state index >= 15 is 0 Å². The summed E-state index contributed by atoms with van der Waals surface area (Å²) in [4.78, 5) is 42.1. The first kappa shape index (κ1) is 25.3. The molecule has 0 bridgehead atoms. The molecule has 2 heterocycles. The number of aromatic hydroxyl groups is 1. The van der Waals surface area contributed by atoms with E-state index in [1.54, 1.807) is 51.1 Å². The van der Waals surface area contributed by atoms with Gasteiger partial charge in [-0.3, -0.25) is 14.4 Å². The van der Waals surface area contributed by atoms with Crippen LogP contribution >= 0.6 is 0 Å². The topological polar surface area (TPSA) is 140 Å². The van der Waals surface area contributed by atoms with Gasteiger partial charge in [0.25, 0.3) is 5.79 Å². The van der Waals surface area contributed by atoms with E-state index in [9.17, 15) is 29.7 Å². The molecule has 8 rings (SSSR count). The smallest absolute Gasteiger partial charge is 0.253 e. The first-order valence-electron chi connectivity index (χ1n) is 13.7. The number of Topliss-reactive ketones (excluding diaryl/α,β-unsaturated/α-hetero) is 1. The van der Waals surface area contributed by atoms with Crippen LogP contribution in [-0.2, 0) is 20.7 Å². The van der Waals surface area contributed by atoms with Gasteiger partial charge < -0.3 is 29.5 Å². The summed E-state index contributed by atoms with van der Waals surface area (Å²) in [7, 11) is 1.42. The molecule has 5 aliphatic rings. The van der Waals surface area contributed by atoms with Gasteiger partial charge in [-0.15, -0.1) is 0 Å². The van der Waals surface area contributed by atoms with E-state index in [-0.39, 0.29) is 68.4 Å². The lowest BCUT2D eigenvalue weighted by Gasteiger charge is -2.52. The Morgan fingerprint density at radius 1 is 0.952 bits per heavy atom. The molecular weight excluding hydrogens is 540 g/mol. The minimum absolute atomic E-state index is 0.00888. The molecule has 5 atom stereocenters. The van der Waals surface area contributed by atoms with Crippen molar-refractivity contribution in [2.45, 2.75) is 50.1 Å². The number of carbonyl (C=O) groups is 3. The number of hydrogen-bond donors (Lipinski definition) is 3. The highest BCUT2D eigenvalue weighted by Crippen LogP contribution is 2.74. The molecule has 2 aliphatic heterocycles. The van der Waals surface area contributed by atoms with E-state index in [4.69, 9.17) is 14.2 Å². The van der Waals surface area contributed by atoms with Gasteiger partial charge in [0.15, 0.2) is 11.6 Å². The van der Waals surface area contributed by atoms with Crippen LogP contribution in [0, 0.1) is 12.8 Å².